The first-order valence-electron chi connectivity index (χ1n) is 10.6. The molecule has 162 valence electrons. The third kappa shape index (κ3) is 6.04. The van der Waals surface area contributed by atoms with E-state index in [1.807, 2.05) is 30.3 Å². The molecule has 31 heavy (non-hydrogen) atoms. The molecule has 1 N–H and O–H groups in total. The molecule has 0 aliphatic rings. The maximum Gasteiger partial charge on any atom is 0.272 e. The lowest BCUT2D eigenvalue weighted by molar-refractivity contribution is 0.0917. The number of carbonyl (C=O) groups excluding carboxylic acids is 1. The van der Waals surface area contributed by atoms with E-state index in [1.165, 1.54) is 22.4 Å². The normalized spacial score (nSPS) is 11.9. The van der Waals surface area contributed by atoms with Crippen LogP contribution in [0.1, 0.15) is 48.4 Å². The van der Waals surface area contributed by atoms with E-state index < -0.39 is 0 Å². The summed E-state index contributed by atoms with van der Waals surface area (Å²) in [6.45, 7) is 6.77. The fourth-order valence-electron chi connectivity index (χ4n) is 3.31. The Bertz CT molecular complexity index is 1040. The molecule has 1 amide bonds. The standard InChI is InChI=1S/C25H29N3O3/c1-4-19-10-12-20(13-11-19)24(18(2)3)26-25(30)22-14-15-23(29)28(27-22)16-17-31-21-8-6-5-7-9-21/h5-15,18,24H,4,16-17H2,1-3H3,(H,26,30). The smallest absolute Gasteiger partial charge is 0.272 e. The minimum absolute atomic E-state index is 0.151. The zero-order valence-corrected chi connectivity index (χ0v) is 18.2. The van der Waals surface area contributed by atoms with Crippen molar-refractivity contribution in [1.82, 2.24) is 15.1 Å². The van der Waals surface area contributed by atoms with Gasteiger partial charge in [0.15, 0.2) is 0 Å². The van der Waals surface area contributed by atoms with Crippen molar-refractivity contribution in [3.05, 3.63) is 93.9 Å². The van der Waals surface area contributed by atoms with Gasteiger partial charge in [-0.25, -0.2) is 4.68 Å². The largest absolute Gasteiger partial charge is 0.492 e. The van der Waals surface area contributed by atoms with Gasteiger partial charge in [-0.3, -0.25) is 9.59 Å². The first kappa shape index (κ1) is 22.3. The molecule has 6 heteroatoms. The Morgan fingerprint density at radius 3 is 2.39 bits per heavy atom. The van der Waals surface area contributed by atoms with Crippen molar-refractivity contribution in [3.63, 3.8) is 0 Å². The van der Waals surface area contributed by atoms with Crippen LogP contribution in [0.4, 0.5) is 0 Å². The Hall–Kier alpha value is -3.41. The van der Waals surface area contributed by atoms with E-state index in [4.69, 9.17) is 4.74 Å². The average Bonchev–Trinajstić information content (AvgIpc) is 2.79. The highest BCUT2D eigenvalue weighted by atomic mass is 16.5. The average molecular weight is 420 g/mol. The van der Waals surface area contributed by atoms with Crippen molar-refractivity contribution in [2.24, 2.45) is 5.92 Å². The second-order valence-electron chi connectivity index (χ2n) is 7.73. The molecule has 0 aliphatic heterocycles. The van der Waals surface area contributed by atoms with Gasteiger partial charge >= 0.3 is 0 Å². The summed E-state index contributed by atoms with van der Waals surface area (Å²) in [6.07, 6.45) is 0.971. The molecule has 1 atom stereocenters. The highest BCUT2D eigenvalue weighted by Crippen LogP contribution is 2.22. The van der Waals surface area contributed by atoms with Crippen LogP contribution in [0.2, 0.25) is 0 Å². The molecule has 2 aromatic carbocycles. The van der Waals surface area contributed by atoms with Gasteiger partial charge in [0.2, 0.25) is 0 Å². The lowest BCUT2D eigenvalue weighted by Crippen LogP contribution is -2.34. The van der Waals surface area contributed by atoms with E-state index in [-0.39, 0.29) is 42.3 Å². The van der Waals surface area contributed by atoms with Gasteiger partial charge in [-0.1, -0.05) is 63.2 Å². The van der Waals surface area contributed by atoms with Gasteiger partial charge in [-0.15, -0.1) is 0 Å². The Kier molecular flexibility index (Phi) is 7.60. The van der Waals surface area contributed by atoms with Crippen LogP contribution < -0.4 is 15.6 Å². The van der Waals surface area contributed by atoms with Crippen LogP contribution in [0.25, 0.3) is 0 Å². The molecule has 1 aromatic heterocycles. The van der Waals surface area contributed by atoms with Gasteiger partial charge in [-0.05, 0) is 41.7 Å². The molecule has 0 fully saturated rings. The van der Waals surface area contributed by atoms with Crippen LogP contribution in [0, 0.1) is 5.92 Å². The number of hydrogen-bond donors (Lipinski definition) is 1. The number of amides is 1. The van der Waals surface area contributed by atoms with Gasteiger partial charge in [0.05, 0.1) is 12.6 Å². The SMILES string of the molecule is CCc1ccc(C(NC(=O)c2ccc(=O)n(CCOc3ccccc3)n2)C(C)C)cc1. The van der Waals surface area contributed by atoms with Gasteiger partial charge in [0.25, 0.3) is 11.5 Å². The highest BCUT2D eigenvalue weighted by molar-refractivity contribution is 5.92. The van der Waals surface area contributed by atoms with E-state index in [1.54, 1.807) is 0 Å². The lowest BCUT2D eigenvalue weighted by Gasteiger charge is -2.23. The van der Waals surface area contributed by atoms with Crippen LogP contribution in [0.15, 0.2) is 71.5 Å². The summed E-state index contributed by atoms with van der Waals surface area (Å²) in [5.41, 5.74) is 2.23. The summed E-state index contributed by atoms with van der Waals surface area (Å²) in [6, 6.07) is 20.3. The van der Waals surface area contributed by atoms with Crippen molar-refractivity contribution >= 4 is 5.91 Å². The van der Waals surface area contributed by atoms with Crippen molar-refractivity contribution < 1.29 is 9.53 Å². The summed E-state index contributed by atoms with van der Waals surface area (Å²) in [5.74, 6) is 0.607. The van der Waals surface area contributed by atoms with Crippen LogP contribution in [0.3, 0.4) is 0 Å². The van der Waals surface area contributed by atoms with Crippen molar-refractivity contribution in [2.45, 2.75) is 39.8 Å². The van der Waals surface area contributed by atoms with E-state index in [9.17, 15) is 9.59 Å². The van der Waals surface area contributed by atoms with E-state index >= 15 is 0 Å². The number of ether oxygens (including phenoxy) is 1. The minimum Gasteiger partial charge on any atom is -0.492 e. The summed E-state index contributed by atoms with van der Waals surface area (Å²) >= 11 is 0. The monoisotopic (exact) mass is 419 g/mol. The van der Waals surface area contributed by atoms with Crippen LogP contribution in [-0.4, -0.2) is 22.3 Å². The number of aromatic nitrogens is 2. The van der Waals surface area contributed by atoms with Gasteiger partial charge in [0.1, 0.15) is 18.1 Å². The Morgan fingerprint density at radius 1 is 1.03 bits per heavy atom. The highest BCUT2D eigenvalue weighted by Gasteiger charge is 2.20. The van der Waals surface area contributed by atoms with Crippen LogP contribution in [-0.2, 0) is 13.0 Å². The molecule has 0 spiro atoms. The zero-order chi connectivity index (χ0) is 22.2. The number of carbonyl (C=O) groups is 1. The van der Waals surface area contributed by atoms with Gasteiger partial charge < -0.3 is 10.1 Å². The topological polar surface area (TPSA) is 73.2 Å². The van der Waals surface area contributed by atoms with E-state index in [0.717, 1.165) is 17.7 Å². The predicted molar refractivity (Wildman–Crippen MR) is 121 cm³/mol. The molecular formula is C25H29N3O3. The van der Waals surface area contributed by atoms with Crippen molar-refractivity contribution in [3.8, 4) is 5.75 Å². The van der Waals surface area contributed by atoms with Gasteiger partial charge in [0, 0.05) is 6.07 Å². The summed E-state index contributed by atoms with van der Waals surface area (Å²) in [5, 5.41) is 7.32. The summed E-state index contributed by atoms with van der Waals surface area (Å²) < 4.78 is 6.90. The predicted octanol–water partition coefficient (Wildman–Crippen LogP) is 4.01. The molecular weight excluding hydrogens is 390 g/mol. The van der Waals surface area contributed by atoms with Crippen LogP contribution in [0.5, 0.6) is 5.75 Å². The van der Waals surface area contributed by atoms with E-state index in [2.05, 4.69) is 55.5 Å². The molecule has 0 saturated carbocycles. The first-order valence-corrected chi connectivity index (χ1v) is 10.6. The quantitative estimate of drug-likeness (QED) is 0.569. The second-order valence-corrected chi connectivity index (χ2v) is 7.73. The number of aryl methyl sites for hydroxylation is 1. The summed E-state index contributed by atoms with van der Waals surface area (Å²) in [7, 11) is 0. The third-order valence-corrected chi connectivity index (χ3v) is 5.11. The number of para-hydroxylation sites is 1. The molecule has 0 aliphatic carbocycles. The Balaban J connectivity index is 1.69. The third-order valence-electron chi connectivity index (χ3n) is 5.11. The minimum atomic E-state index is -0.309. The molecule has 0 bridgehead atoms. The fraction of sp³-hybridized carbons (Fsp3) is 0.320. The molecule has 6 nitrogen and oxygen atoms in total. The maximum atomic E-state index is 12.9. The number of rotatable bonds is 9. The summed E-state index contributed by atoms with van der Waals surface area (Å²) in [4.78, 5) is 25.1. The number of hydrogen-bond acceptors (Lipinski definition) is 4. The second kappa shape index (κ2) is 10.6. The maximum absolute atomic E-state index is 12.9. The zero-order valence-electron chi connectivity index (χ0n) is 18.2. The van der Waals surface area contributed by atoms with Gasteiger partial charge in [-0.2, -0.15) is 5.10 Å². The Morgan fingerprint density at radius 2 is 1.74 bits per heavy atom. The van der Waals surface area contributed by atoms with Crippen molar-refractivity contribution in [1.29, 1.82) is 0 Å². The number of benzene rings is 2. The molecule has 1 unspecified atom stereocenters. The molecule has 0 saturated heterocycles. The first-order chi connectivity index (χ1) is 15.0. The molecule has 0 radical (unpaired) electrons. The molecule has 1 heterocycles. The fourth-order valence-corrected chi connectivity index (χ4v) is 3.31. The van der Waals surface area contributed by atoms with E-state index in [0.29, 0.717) is 0 Å². The lowest BCUT2D eigenvalue weighted by atomic mass is 9.94. The van der Waals surface area contributed by atoms with Crippen LogP contribution >= 0.6 is 0 Å². The number of nitrogens with zero attached hydrogens (tertiary/aromatic N) is 2. The molecule has 3 aromatic rings. The Labute approximate surface area is 182 Å². The molecule has 3 rings (SSSR count). The van der Waals surface area contributed by atoms with Crippen molar-refractivity contribution in [2.75, 3.05) is 6.61 Å². The number of nitrogens with one attached hydrogen (secondary N) is 1.